The smallest absolute Gasteiger partial charge is 0.336 e. The van der Waals surface area contributed by atoms with Crippen molar-refractivity contribution in [3.63, 3.8) is 0 Å². The molecule has 1 unspecified atom stereocenters. The van der Waals surface area contributed by atoms with Gasteiger partial charge in [-0.25, -0.2) is 4.79 Å². The molecule has 0 spiro atoms. The first-order chi connectivity index (χ1) is 13.4. The van der Waals surface area contributed by atoms with Gasteiger partial charge in [0.2, 0.25) is 5.91 Å². The van der Waals surface area contributed by atoms with Crippen LogP contribution in [0.25, 0.3) is 0 Å². The van der Waals surface area contributed by atoms with Crippen molar-refractivity contribution >= 4 is 29.2 Å². The van der Waals surface area contributed by atoms with Crippen molar-refractivity contribution in [2.24, 2.45) is 0 Å². The first-order valence-corrected chi connectivity index (χ1v) is 9.14. The molecular weight excluding hydrogens is 382 g/mol. The van der Waals surface area contributed by atoms with Crippen LogP contribution in [0.4, 0.5) is 5.69 Å². The van der Waals surface area contributed by atoms with E-state index < -0.39 is 11.9 Å². The van der Waals surface area contributed by atoms with E-state index in [2.05, 4.69) is 0 Å². The Labute approximate surface area is 166 Å². The predicted molar refractivity (Wildman–Crippen MR) is 104 cm³/mol. The lowest BCUT2D eigenvalue weighted by Gasteiger charge is -2.32. The Hall–Kier alpha value is -2.99. The minimum Gasteiger partial charge on any atom is -0.504 e. The number of carbonyl (C=O) groups excluding carboxylic acids is 2. The fourth-order valence-corrected chi connectivity index (χ4v) is 3.85. The van der Waals surface area contributed by atoms with E-state index in [0.29, 0.717) is 27.5 Å². The van der Waals surface area contributed by atoms with Gasteiger partial charge >= 0.3 is 5.97 Å². The zero-order valence-corrected chi connectivity index (χ0v) is 16.1. The van der Waals surface area contributed by atoms with E-state index in [1.165, 1.54) is 18.1 Å². The number of cyclic esters (lactones) is 1. The number of halogens is 1. The van der Waals surface area contributed by atoms with Crippen LogP contribution in [0.2, 0.25) is 5.02 Å². The zero-order valence-electron chi connectivity index (χ0n) is 15.4. The molecule has 1 atom stereocenters. The maximum absolute atomic E-state index is 13.0. The molecule has 0 fully saturated rings. The fourth-order valence-electron chi connectivity index (χ4n) is 3.67. The molecule has 2 aromatic carbocycles. The van der Waals surface area contributed by atoms with Crippen molar-refractivity contribution in [3.05, 3.63) is 63.8 Å². The third-order valence-corrected chi connectivity index (χ3v) is 5.54. The summed E-state index contributed by atoms with van der Waals surface area (Å²) in [5.74, 6) is -0.792. The summed E-state index contributed by atoms with van der Waals surface area (Å²) in [5, 5.41) is 10.4. The molecular formula is C21H18ClNO5. The molecule has 1 amide bonds. The van der Waals surface area contributed by atoms with Crippen LogP contribution in [0.1, 0.15) is 23.5 Å². The third-order valence-electron chi connectivity index (χ3n) is 5.14. The van der Waals surface area contributed by atoms with Gasteiger partial charge in [0.15, 0.2) is 11.5 Å². The molecule has 2 aliphatic heterocycles. The van der Waals surface area contributed by atoms with Crippen molar-refractivity contribution in [2.75, 3.05) is 18.6 Å². The Balaban J connectivity index is 1.82. The van der Waals surface area contributed by atoms with Crippen LogP contribution in [0.15, 0.2) is 47.7 Å². The van der Waals surface area contributed by atoms with Gasteiger partial charge in [-0.1, -0.05) is 23.7 Å². The van der Waals surface area contributed by atoms with Crippen LogP contribution in [-0.4, -0.2) is 30.7 Å². The number of aromatic hydroxyl groups is 1. The molecule has 0 radical (unpaired) electrons. The largest absolute Gasteiger partial charge is 0.504 e. The zero-order chi connectivity index (χ0) is 20.0. The molecule has 0 saturated heterocycles. The lowest BCUT2D eigenvalue weighted by molar-refractivity contribution is -0.136. The van der Waals surface area contributed by atoms with E-state index in [4.69, 9.17) is 21.1 Å². The third kappa shape index (κ3) is 2.90. The van der Waals surface area contributed by atoms with E-state index in [1.807, 2.05) is 13.0 Å². The number of phenolic OH excluding ortho intramolecular Hbond substituents is 1. The van der Waals surface area contributed by atoms with E-state index in [0.717, 1.165) is 5.56 Å². The van der Waals surface area contributed by atoms with Crippen LogP contribution in [-0.2, 0) is 14.3 Å². The number of nitrogens with zero attached hydrogens (tertiary/aromatic N) is 1. The second-order valence-electron chi connectivity index (χ2n) is 6.79. The van der Waals surface area contributed by atoms with Crippen LogP contribution < -0.4 is 9.64 Å². The molecule has 28 heavy (non-hydrogen) atoms. The summed E-state index contributed by atoms with van der Waals surface area (Å²) < 4.78 is 10.4. The summed E-state index contributed by atoms with van der Waals surface area (Å²) in [6.07, 6.45) is 0.0906. The summed E-state index contributed by atoms with van der Waals surface area (Å²) in [6.45, 7) is 1.91. The highest BCUT2D eigenvalue weighted by Gasteiger charge is 2.43. The number of esters is 1. The molecule has 144 valence electrons. The summed E-state index contributed by atoms with van der Waals surface area (Å²) in [7, 11) is 1.45. The SMILES string of the molecule is COc1cc(C2CC(=O)N(c3ccc(C)c(Cl)c3)C3=C2C(=O)OC3)ccc1O. The standard InChI is InChI=1S/C21H18ClNO5/c1-11-3-5-13(8-15(11)22)23-16-10-28-21(26)20(16)14(9-19(23)25)12-4-6-17(24)18(7-12)27-2/h3-8,14,24H,9-10H2,1-2H3. The Morgan fingerprint density at radius 3 is 2.71 bits per heavy atom. The summed E-state index contributed by atoms with van der Waals surface area (Å²) in [5.41, 5.74) is 3.18. The van der Waals surface area contributed by atoms with Gasteiger partial charge in [-0.15, -0.1) is 0 Å². The summed E-state index contributed by atoms with van der Waals surface area (Å²) in [6, 6.07) is 10.2. The maximum Gasteiger partial charge on any atom is 0.336 e. The monoisotopic (exact) mass is 399 g/mol. The van der Waals surface area contributed by atoms with Crippen molar-refractivity contribution in [1.29, 1.82) is 0 Å². The summed E-state index contributed by atoms with van der Waals surface area (Å²) in [4.78, 5) is 27.1. The quantitative estimate of drug-likeness (QED) is 0.796. The van der Waals surface area contributed by atoms with Gasteiger partial charge in [-0.3, -0.25) is 9.69 Å². The molecule has 2 heterocycles. The number of benzene rings is 2. The van der Waals surface area contributed by atoms with Crippen LogP contribution in [0.3, 0.4) is 0 Å². The van der Waals surface area contributed by atoms with Crippen LogP contribution in [0, 0.1) is 6.92 Å². The van der Waals surface area contributed by atoms with Crippen molar-refractivity contribution in [3.8, 4) is 11.5 Å². The molecule has 4 rings (SSSR count). The second-order valence-corrected chi connectivity index (χ2v) is 7.19. The normalized spacial score (nSPS) is 19.0. The molecule has 1 N–H and O–H groups in total. The molecule has 2 aromatic rings. The molecule has 0 bridgehead atoms. The number of phenols is 1. The Kier molecular flexibility index (Phi) is 4.51. The first-order valence-electron chi connectivity index (χ1n) is 8.77. The van der Waals surface area contributed by atoms with E-state index in [1.54, 1.807) is 24.3 Å². The van der Waals surface area contributed by atoms with Gasteiger partial charge in [-0.05, 0) is 42.3 Å². The molecule has 7 heteroatoms. The molecule has 6 nitrogen and oxygen atoms in total. The average molecular weight is 400 g/mol. The number of ether oxygens (including phenoxy) is 2. The van der Waals surface area contributed by atoms with Crippen LogP contribution >= 0.6 is 11.6 Å². The summed E-state index contributed by atoms with van der Waals surface area (Å²) >= 11 is 6.24. The molecule has 0 aliphatic carbocycles. The number of rotatable bonds is 3. The van der Waals surface area contributed by atoms with Crippen molar-refractivity contribution in [2.45, 2.75) is 19.3 Å². The lowest BCUT2D eigenvalue weighted by Crippen LogP contribution is -2.37. The number of methoxy groups -OCH3 is 1. The number of aryl methyl sites for hydroxylation is 1. The highest BCUT2D eigenvalue weighted by atomic mass is 35.5. The Morgan fingerprint density at radius 2 is 2.00 bits per heavy atom. The van der Waals surface area contributed by atoms with E-state index >= 15 is 0 Å². The number of hydrogen-bond donors (Lipinski definition) is 1. The molecule has 2 aliphatic rings. The highest BCUT2D eigenvalue weighted by Crippen LogP contribution is 2.43. The van der Waals surface area contributed by atoms with Crippen molar-refractivity contribution < 1.29 is 24.2 Å². The van der Waals surface area contributed by atoms with Gasteiger partial charge in [0.05, 0.1) is 24.1 Å². The second kappa shape index (κ2) is 6.87. The van der Waals surface area contributed by atoms with Gasteiger partial charge in [-0.2, -0.15) is 0 Å². The van der Waals surface area contributed by atoms with Crippen LogP contribution in [0.5, 0.6) is 11.5 Å². The average Bonchev–Trinajstić information content (AvgIpc) is 3.05. The maximum atomic E-state index is 13.0. The van der Waals surface area contributed by atoms with Gasteiger partial charge in [0.25, 0.3) is 0 Å². The first kappa shape index (κ1) is 18.4. The minimum absolute atomic E-state index is 0.00693. The Bertz CT molecular complexity index is 1030. The number of anilines is 1. The fraction of sp³-hybridized carbons (Fsp3) is 0.238. The van der Waals surface area contributed by atoms with E-state index in [-0.39, 0.29) is 30.4 Å². The molecule has 0 saturated carbocycles. The minimum atomic E-state index is -0.468. The number of amides is 1. The lowest BCUT2D eigenvalue weighted by atomic mass is 9.84. The number of hydrogen-bond acceptors (Lipinski definition) is 5. The van der Waals surface area contributed by atoms with Gasteiger partial charge in [0, 0.05) is 17.4 Å². The Morgan fingerprint density at radius 1 is 1.21 bits per heavy atom. The predicted octanol–water partition coefficient (Wildman–Crippen LogP) is 3.69. The van der Waals surface area contributed by atoms with E-state index in [9.17, 15) is 14.7 Å². The number of carbonyl (C=O) groups is 2. The molecule has 0 aromatic heterocycles. The van der Waals surface area contributed by atoms with Crippen molar-refractivity contribution in [1.82, 2.24) is 0 Å². The van der Waals surface area contributed by atoms with Gasteiger partial charge < -0.3 is 14.6 Å². The van der Waals surface area contributed by atoms with Gasteiger partial charge in [0.1, 0.15) is 6.61 Å². The topological polar surface area (TPSA) is 76.1 Å². The highest BCUT2D eigenvalue weighted by molar-refractivity contribution is 6.31.